The normalized spacial score (nSPS) is 15.4. The summed E-state index contributed by atoms with van der Waals surface area (Å²) >= 11 is 0. The third kappa shape index (κ3) is 5.83. The number of nitrogens with two attached hydrogens (primary N) is 1. The van der Waals surface area contributed by atoms with E-state index in [-0.39, 0.29) is 0 Å². The van der Waals surface area contributed by atoms with Crippen molar-refractivity contribution in [3.8, 4) is 0 Å². The van der Waals surface area contributed by atoms with Crippen LogP contribution in [-0.4, -0.2) is 40.6 Å². The van der Waals surface area contributed by atoms with E-state index >= 15 is 0 Å². The van der Waals surface area contributed by atoms with Gasteiger partial charge in [0.15, 0.2) is 0 Å². The van der Waals surface area contributed by atoms with Crippen LogP contribution in [-0.2, 0) is 4.79 Å². The van der Waals surface area contributed by atoms with Crippen LogP contribution < -0.4 is 5.73 Å². The molecule has 108 valence electrons. The van der Waals surface area contributed by atoms with Gasteiger partial charge in [0.1, 0.15) is 5.54 Å². The molecule has 0 radical (unpaired) electrons. The van der Waals surface area contributed by atoms with Crippen molar-refractivity contribution in [1.82, 2.24) is 4.90 Å². The number of aliphatic carboxylic acids is 1. The molecule has 0 bridgehead atoms. The summed E-state index contributed by atoms with van der Waals surface area (Å²) in [4.78, 5) is 13.5. The molecule has 4 nitrogen and oxygen atoms in total. The fourth-order valence-corrected chi connectivity index (χ4v) is 2.06. The van der Waals surface area contributed by atoms with Crippen molar-refractivity contribution in [3.05, 3.63) is 0 Å². The van der Waals surface area contributed by atoms with E-state index in [1.807, 2.05) is 6.92 Å². The lowest BCUT2D eigenvalue weighted by molar-refractivity contribution is -0.143. The highest BCUT2D eigenvalue weighted by atomic mass is 16.4. The standard InChI is InChI=1S/C14H30N2O2/c1-6-14(15,13(17)18)8-7-9-16(12(4)5)10-11(2)3/h11-12H,6-10,15H2,1-5H3,(H,17,18). The van der Waals surface area contributed by atoms with Crippen LogP contribution >= 0.6 is 0 Å². The molecule has 4 heteroatoms. The SMILES string of the molecule is CCC(N)(CCCN(CC(C)C)C(C)C)C(=O)O. The second-order valence-electron chi connectivity index (χ2n) is 5.90. The van der Waals surface area contributed by atoms with Crippen LogP contribution in [0.1, 0.15) is 53.9 Å². The summed E-state index contributed by atoms with van der Waals surface area (Å²) in [6, 6.07) is 0.492. The summed E-state index contributed by atoms with van der Waals surface area (Å²) < 4.78 is 0. The zero-order chi connectivity index (χ0) is 14.3. The third-order valence-electron chi connectivity index (χ3n) is 3.45. The Hall–Kier alpha value is -0.610. The van der Waals surface area contributed by atoms with Crippen molar-refractivity contribution in [2.45, 2.75) is 65.5 Å². The highest BCUT2D eigenvalue weighted by Crippen LogP contribution is 2.16. The van der Waals surface area contributed by atoms with Gasteiger partial charge in [-0.3, -0.25) is 4.79 Å². The molecule has 0 saturated carbocycles. The van der Waals surface area contributed by atoms with Gasteiger partial charge in [-0.25, -0.2) is 0 Å². The molecule has 0 aromatic carbocycles. The molecule has 0 fully saturated rings. The van der Waals surface area contributed by atoms with Crippen LogP contribution in [0.5, 0.6) is 0 Å². The molecule has 0 saturated heterocycles. The van der Waals surface area contributed by atoms with Crippen molar-refractivity contribution in [2.24, 2.45) is 11.7 Å². The molecule has 0 spiro atoms. The fraction of sp³-hybridized carbons (Fsp3) is 0.929. The lowest BCUT2D eigenvalue weighted by Crippen LogP contribution is -2.48. The van der Waals surface area contributed by atoms with Crippen molar-refractivity contribution in [3.63, 3.8) is 0 Å². The highest BCUT2D eigenvalue weighted by Gasteiger charge is 2.31. The van der Waals surface area contributed by atoms with E-state index in [1.165, 1.54) is 0 Å². The molecule has 0 rings (SSSR count). The predicted octanol–water partition coefficient (Wildman–Crippen LogP) is 2.33. The molecule has 0 amide bonds. The van der Waals surface area contributed by atoms with E-state index in [0.29, 0.717) is 24.8 Å². The molecule has 1 unspecified atom stereocenters. The maximum Gasteiger partial charge on any atom is 0.323 e. The van der Waals surface area contributed by atoms with Gasteiger partial charge in [0.25, 0.3) is 0 Å². The monoisotopic (exact) mass is 258 g/mol. The Kier molecular flexibility index (Phi) is 7.48. The minimum absolute atomic E-state index is 0.480. The Morgan fingerprint density at radius 2 is 1.89 bits per heavy atom. The molecule has 0 aliphatic carbocycles. The van der Waals surface area contributed by atoms with Crippen LogP contribution in [0.3, 0.4) is 0 Å². The minimum Gasteiger partial charge on any atom is -0.480 e. The Balaban J connectivity index is 4.24. The zero-order valence-corrected chi connectivity index (χ0v) is 12.6. The predicted molar refractivity (Wildman–Crippen MR) is 75.6 cm³/mol. The van der Waals surface area contributed by atoms with Gasteiger partial charge >= 0.3 is 5.97 Å². The van der Waals surface area contributed by atoms with Crippen molar-refractivity contribution in [2.75, 3.05) is 13.1 Å². The maximum absolute atomic E-state index is 11.1. The zero-order valence-electron chi connectivity index (χ0n) is 12.6. The number of hydrogen-bond acceptors (Lipinski definition) is 3. The van der Waals surface area contributed by atoms with Crippen LogP contribution in [0, 0.1) is 5.92 Å². The van der Waals surface area contributed by atoms with Crippen molar-refractivity contribution >= 4 is 5.97 Å². The molecule has 3 N–H and O–H groups in total. The number of carboxylic acids is 1. The van der Waals surface area contributed by atoms with Gasteiger partial charge in [0.05, 0.1) is 0 Å². The van der Waals surface area contributed by atoms with Crippen molar-refractivity contribution in [1.29, 1.82) is 0 Å². The van der Waals surface area contributed by atoms with E-state index in [2.05, 4.69) is 32.6 Å². The first-order valence-electron chi connectivity index (χ1n) is 6.99. The summed E-state index contributed by atoms with van der Waals surface area (Å²) in [5.41, 5.74) is 4.83. The van der Waals surface area contributed by atoms with Gasteiger partial charge in [0.2, 0.25) is 0 Å². The molecule has 0 heterocycles. The van der Waals surface area contributed by atoms with Gasteiger partial charge in [-0.15, -0.1) is 0 Å². The van der Waals surface area contributed by atoms with Gasteiger partial charge in [-0.05, 0) is 45.6 Å². The van der Waals surface area contributed by atoms with Crippen LogP contribution in [0.4, 0.5) is 0 Å². The first-order chi connectivity index (χ1) is 8.23. The molecule has 0 aliphatic rings. The lowest BCUT2D eigenvalue weighted by Gasteiger charge is -2.30. The van der Waals surface area contributed by atoms with E-state index in [9.17, 15) is 4.79 Å². The second kappa shape index (κ2) is 7.74. The first-order valence-corrected chi connectivity index (χ1v) is 6.99. The number of carboxylic acid groups (broad SMARTS) is 1. The van der Waals surface area contributed by atoms with E-state index in [1.54, 1.807) is 0 Å². The average molecular weight is 258 g/mol. The lowest BCUT2D eigenvalue weighted by atomic mass is 9.91. The third-order valence-corrected chi connectivity index (χ3v) is 3.45. The number of hydrogen-bond donors (Lipinski definition) is 2. The summed E-state index contributed by atoms with van der Waals surface area (Å²) in [5, 5.41) is 9.11. The quantitative estimate of drug-likeness (QED) is 0.666. The topological polar surface area (TPSA) is 66.6 Å². The maximum atomic E-state index is 11.1. The number of rotatable bonds is 9. The van der Waals surface area contributed by atoms with Crippen LogP contribution in [0.15, 0.2) is 0 Å². The molecule has 0 aliphatic heterocycles. The smallest absolute Gasteiger partial charge is 0.323 e. The molecule has 18 heavy (non-hydrogen) atoms. The van der Waals surface area contributed by atoms with Gasteiger partial charge < -0.3 is 15.7 Å². The van der Waals surface area contributed by atoms with E-state index < -0.39 is 11.5 Å². The van der Waals surface area contributed by atoms with E-state index in [4.69, 9.17) is 10.8 Å². The second-order valence-corrected chi connectivity index (χ2v) is 5.90. The first kappa shape index (κ1) is 17.4. The average Bonchev–Trinajstić information content (AvgIpc) is 2.26. The summed E-state index contributed by atoms with van der Waals surface area (Å²) in [6.07, 6.45) is 1.86. The summed E-state index contributed by atoms with van der Waals surface area (Å²) in [7, 11) is 0. The Morgan fingerprint density at radius 1 is 1.33 bits per heavy atom. The molecular weight excluding hydrogens is 228 g/mol. The Morgan fingerprint density at radius 3 is 2.22 bits per heavy atom. The van der Waals surface area contributed by atoms with Crippen LogP contribution in [0.2, 0.25) is 0 Å². The van der Waals surface area contributed by atoms with E-state index in [0.717, 1.165) is 19.5 Å². The summed E-state index contributed by atoms with van der Waals surface area (Å²) in [5.74, 6) is -0.259. The van der Waals surface area contributed by atoms with Gasteiger partial charge in [0, 0.05) is 12.6 Å². The largest absolute Gasteiger partial charge is 0.480 e. The van der Waals surface area contributed by atoms with Gasteiger partial charge in [-0.1, -0.05) is 20.8 Å². The fourth-order valence-electron chi connectivity index (χ4n) is 2.06. The Bertz CT molecular complexity index is 254. The Labute approximate surface area is 112 Å². The highest BCUT2D eigenvalue weighted by molar-refractivity contribution is 5.78. The molecule has 0 aromatic heterocycles. The number of nitrogens with zero attached hydrogens (tertiary/aromatic N) is 1. The molecular formula is C14H30N2O2. The van der Waals surface area contributed by atoms with Crippen molar-refractivity contribution < 1.29 is 9.90 Å². The number of carbonyl (C=O) groups is 1. The summed E-state index contributed by atoms with van der Waals surface area (Å²) in [6.45, 7) is 12.6. The molecule has 1 atom stereocenters. The van der Waals surface area contributed by atoms with Crippen LogP contribution in [0.25, 0.3) is 0 Å². The molecule has 0 aromatic rings. The van der Waals surface area contributed by atoms with Gasteiger partial charge in [-0.2, -0.15) is 0 Å². The minimum atomic E-state index is -1.06.